The van der Waals surface area contributed by atoms with Crippen molar-refractivity contribution in [1.29, 1.82) is 0 Å². The van der Waals surface area contributed by atoms with E-state index < -0.39 is 31.6 Å². The summed E-state index contributed by atoms with van der Waals surface area (Å²) in [6.07, 6.45) is -2.65. The van der Waals surface area contributed by atoms with E-state index in [1.165, 1.54) is 18.4 Å². The molecule has 0 spiro atoms. The monoisotopic (exact) mass is 486 g/mol. The molecule has 0 aliphatic heterocycles. The largest absolute Gasteiger partial charge is 0.435 e. The summed E-state index contributed by atoms with van der Waals surface area (Å²) in [4.78, 5) is 21.2. The maximum absolute atomic E-state index is 13.0. The van der Waals surface area contributed by atoms with Crippen LogP contribution in [-0.4, -0.2) is 27.2 Å². The fraction of sp³-hybridized carbons (Fsp3) is 0.556. The molecule has 0 aliphatic carbocycles. The molecule has 13 heteroatoms. The van der Waals surface area contributed by atoms with Crippen molar-refractivity contribution in [1.82, 2.24) is 15.9 Å². The number of halogens is 3. The van der Waals surface area contributed by atoms with E-state index in [-0.39, 0.29) is 12.1 Å². The zero-order valence-corrected chi connectivity index (χ0v) is 19.9. The van der Waals surface area contributed by atoms with Gasteiger partial charge in [0.25, 0.3) is 5.91 Å². The van der Waals surface area contributed by atoms with Crippen molar-refractivity contribution in [2.24, 2.45) is 13.0 Å². The average Bonchev–Trinajstić information content (AvgIpc) is 3.20. The molecule has 0 aliphatic rings. The van der Waals surface area contributed by atoms with Crippen LogP contribution in [0.25, 0.3) is 0 Å². The fourth-order valence-electron chi connectivity index (χ4n) is 2.80. The predicted molar refractivity (Wildman–Crippen MR) is 116 cm³/mol. The van der Waals surface area contributed by atoms with Crippen LogP contribution in [0.5, 0.6) is 0 Å². The SMILES string of the molecule is CC(C)CC(C)c1sccc1NC(=O)c1cn(C)nc1C(F)(F)F.CCO[PH](=O)O.N. The number of anilines is 1. The van der Waals surface area contributed by atoms with Gasteiger partial charge in [-0.3, -0.25) is 14.0 Å². The summed E-state index contributed by atoms with van der Waals surface area (Å²) in [7, 11) is -1.28. The van der Waals surface area contributed by atoms with Gasteiger partial charge in [0.1, 0.15) is 0 Å². The Hall–Kier alpha value is -1.72. The highest BCUT2D eigenvalue weighted by Crippen LogP contribution is 2.35. The van der Waals surface area contributed by atoms with E-state index in [2.05, 4.69) is 28.8 Å². The number of aryl methyl sites for hydroxylation is 1. The lowest BCUT2D eigenvalue weighted by molar-refractivity contribution is -0.141. The first-order chi connectivity index (χ1) is 13.9. The van der Waals surface area contributed by atoms with E-state index in [1.807, 2.05) is 12.3 Å². The van der Waals surface area contributed by atoms with Gasteiger partial charge in [-0.15, -0.1) is 11.3 Å². The number of amides is 1. The van der Waals surface area contributed by atoms with Crippen LogP contribution in [0.15, 0.2) is 17.6 Å². The van der Waals surface area contributed by atoms with Crippen molar-refractivity contribution in [3.05, 3.63) is 33.8 Å². The maximum atomic E-state index is 13.0. The third-order valence-corrected chi connectivity index (χ3v) is 5.51. The number of rotatable bonds is 7. The molecule has 0 aromatic carbocycles. The molecule has 0 saturated heterocycles. The lowest BCUT2D eigenvalue weighted by atomic mass is 9.97. The molecule has 31 heavy (non-hydrogen) atoms. The molecule has 2 aromatic heterocycles. The molecule has 8 nitrogen and oxygen atoms in total. The molecule has 2 heterocycles. The molecule has 2 rings (SSSR count). The molecule has 0 radical (unpaired) electrons. The zero-order chi connectivity index (χ0) is 23.1. The van der Waals surface area contributed by atoms with Gasteiger partial charge in [0.05, 0.1) is 17.9 Å². The molecule has 2 unspecified atom stereocenters. The molecule has 2 aromatic rings. The molecule has 178 valence electrons. The highest BCUT2D eigenvalue weighted by molar-refractivity contribution is 7.32. The zero-order valence-electron chi connectivity index (χ0n) is 18.1. The van der Waals surface area contributed by atoms with Gasteiger partial charge < -0.3 is 20.9 Å². The molecule has 0 saturated carbocycles. The summed E-state index contributed by atoms with van der Waals surface area (Å²) in [5.41, 5.74) is -1.08. The highest BCUT2D eigenvalue weighted by atomic mass is 32.1. The van der Waals surface area contributed by atoms with E-state index in [9.17, 15) is 22.5 Å². The summed E-state index contributed by atoms with van der Waals surface area (Å²) in [5.74, 6) is -0.0936. The Morgan fingerprint density at radius 3 is 2.45 bits per heavy atom. The third kappa shape index (κ3) is 9.53. The van der Waals surface area contributed by atoms with Gasteiger partial charge in [-0.05, 0) is 36.6 Å². The molecule has 5 N–H and O–H groups in total. The average molecular weight is 486 g/mol. The van der Waals surface area contributed by atoms with Crippen LogP contribution in [0.1, 0.15) is 61.0 Å². The van der Waals surface area contributed by atoms with Crippen LogP contribution in [-0.2, 0) is 22.3 Å². The van der Waals surface area contributed by atoms with E-state index in [0.717, 1.165) is 22.2 Å². The third-order valence-electron chi connectivity index (χ3n) is 3.83. The van der Waals surface area contributed by atoms with Crippen LogP contribution in [0.4, 0.5) is 18.9 Å². The Morgan fingerprint density at radius 1 is 1.39 bits per heavy atom. The summed E-state index contributed by atoms with van der Waals surface area (Å²) in [6, 6.07) is 1.72. The smallest absolute Gasteiger partial charge is 0.344 e. The summed E-state index contributed by atoms with van der Waals surface area (Å²) >= 11 is 1.49. The maximum Gasteiger partial charge on any atom is 0.435 e. The summed E-state index contributed by atoms with van der Waals surface area (Å²) in [5, 5.41) is 7.80. The highest BCUT2D eigenvalue weighted by Gasteiger charge is 2.39. The minimum absolute atomic E-state index is 0. The van der Waals surface area contributed by atoms with Crippen molar-refractivity contribution in [3.63, 3.8) is 0 Å². The van der Waals surface area contributed by atoms with Gasteiger partial charge in [0, 0.05) is 18.1 Å². The Labute approximate surface area is 184 Å². The first-order valence-electron chi connectivity index (χ1n) is 9.22. The molecular weight excluding hydrogens is 456 g/mol. The predicted octanol–water partition coefficient (Wildman–Crippen LogP) is 5.47. The van der Waals surface area contributed by atoms with E-state index in [4.69, 9.17) is 4.89 Å². The van der Waals surface area contributed by atoms with Crippen LogP contribution in [0.3, 0.4) is 0 Å². The van der Waals surface area contributed by atoms with Crippen molar-refractivity contribution in [3.8, 4) is 0 Å². The summed E-state index contributed by atoms with van der Waals surface area (Å²) in [6.45, 7) is 8.24. The number of hydrogen-bond acceptors (Lipinski definition) is 6. The standard InChI is InChI=1S/C16H20F3N3OS.C2H7O3P.H3N/c1-9(2)7-10(3)13-12(5-6-24-13)20-15(23)11-8-22(4)21-14(11)16(17,18)19;1-2-5-6(3)4;/h5-6,8-10H,7H2,1-4H3,(H,20,23);6H,2H2,1H3,(H,3,4);1H3. The number of nitrogens with zero attached hydrogens (tertiary/aromatic N) is 2. The van der Waals surface area contributed by atoms with E-state index in [0.29, 0.717) is 18.2 Å². The molecule has 0 bridgehead atoms. The van der Waals surface area contributed by atoms with E-state index in [1.54, 1.807) is 13.0 Å². The van der Waals surface area contributed by atoms with Gasteiger partial charge in [-0.1, -0.05) is 20.8 Å². The Kier molecular flexibility index (Phi) is 12.3. The van der Waals surface area contributed by atoms with Crippen molar-refractivity contribution >= 4 is 31.2 Å². The van der Waals surface area contributed by atoms with Crippen LogP contribution >= 0.6 is 19.6 Å². The first kappa shape index (κ1) is 29.3. The molecular formula is C18H30F3N4O4PS. The number of aromatic nitrogens is 2. The lowest BCUT2D eigenvalue weighted by Crippen LogP contribution is -2.18. The normalized spacial score (nSPS) is 13.1. The van der Waals surface area contributed by atoms with Crippen LogP contribution < -0.4 is 11.5 Å². The second-order valence-corrected chi connectivity index (χ2v) is 8.71. The Morgan fingerprint density at radius 2 is 2.00 bits per heavy atom. The number of thiophene rings is 1. The van der Waals surface area contributed by atoms with E-state index >= 15 is 0 Å². The van der Waals surface area contributed by atoms with Crippen LogP contribution in [0, 0.1) is 5.92 Å². The first-order valence-corrected chi connectivity index (χ1v) is 11.4. The van der Waals surface area contributed by atoms with Gasteiger partial charge in [-0.25, -0.2) is 0 Å². The molecule has 2 atom stereocenters. The number of hydrogen-bond donors (Lipinski definition) is 3. The fourth-order valence-corrected chi connectivity index (χ4v) is 3.97. The van der Waals surface area contributed by atoms with Gasteiger partial charge in [0.2, 0.25) is 0 Å². The number of nitrogens with one attached hydrogen (secondary N) is 1. The van der Waals surface area contributed by atoms with Gasteiger partial charge >= 0.3 is 14.4 Å². The second kappa shape index (κ2) is 13.0. The quantitative estimate of drug-likeness (QED) is 0.445. The number of alkyl halides is 3. The number of carbonyl (C=O) groups is 1. The lowest BCUT2D eigenvalue weighted by Gasteiger charge is -2.15. The number of carbonyl (C=O) groups excluding carboxylic acids is 1. The van der Waals surface area contributed by atoms with Crippen molar-refractivity contribution in [2.45, 2.75) is 46.2 Å². The van der Waals surface area contributed by atoms with Crippen molar-refractivity contribution < 1.29 is 31.9 Å². The van der Waals surface area contributed by atoms with Crippen molar-refractivity contribution in [2.75, 3.05) is 11.9 Å². The second-order valence-electron chi connectivity index (χ2n) is 6.94. The van der Waals surface area contributed by atoms with Gasteiger partial charge in [0.15, 0.2) is 5.69 Å². The molecule has 0 fully saturated rings. The van der Waals surface area contributed by atoms with Gasteiger partial charge in [-0.2, -0.15) is 18.3 Å². The topological polar surface area (TPSA) is 128 Å². The Balaban J connectivity index is 0.00000113. The minimum atomic E-state index is -4.67. The minimum Gasteiger partial charge on any atom is -0.344 e. The Bertz CT molecular complexity index is 855. The molecule has 1 amide bonds. The van der Waals surface area contributed by atoms with Crippen LogP contribution in [0.2, 0.25) is 0 Å². The summed E-state index contributed by atoms with van der Waals surface area (Å²) < 4.78 is 53.7.